The van der Waals surface area contributed by atoms with Crippen LogP contribution in [0.3, 0.4) is 0 Å². The first-order chi connectivity index (χ1) is 9.35. The van der Waals surface area contributed by atoms with Gasteiger partial charge in [-0.25, -0.2) is 0 Å². The van der Waals surface area contributed by atoms with Crippen LogP contribution in [0.2, 0.25) is 0 Å². The summed E-state index contributed by atoms with van der Waals surface area (Å²) in [6, 6.07) is 8.90. The van der Waals surface area contributed by atoms with E-state index < -0.39 is 0 Å². The lowest BCUT2D eigenvalue weighted by molar-refractivity contribution is 0.367. The highest BCUT2D eigenvalue weighted by molar-refractivity contribution is 5.35. The minimum atomic E-state index is 0.444. The number of methoxy groups -OCH3 is 1. The highest BCUT2D eigenvalue weighted by atomic mass is 16.5. The van der Waals surface area contributed by atoms with Crippen molar-refractivity contribution in [3.05, 3.63) is 29.8 Å². The molecule has 1 aromatic carbocycles. The Morgan fingerprint density at radius 3 is 2.68 bits per heavy atom. The third-order valence-electron chi connectivity index (χ3n) is 4.20. The number of hydrogen-bond donors (Lipinski definition) is 1. The van der Waals surface area contributed by atoms with E-state index in [-0.39, 0.29) is 0 Å². The lowest BCUT2D eigenvalue weighted by Crippen LogP contribution is -2.24. The van der Waals surface area contributed by atoms with Gasteiger partial charge in [-0.2, -0.15) is 0 Å². The van der Waals surface area contributed by atoms with Crippen molar-refractivity contribution < 1.29 is 4.74 Å². The molecule has 0 bridgehead atoms. The van der Waals surface area contributed by atoms with E-state index in [1.54, 1.807) is 7.11 Å². The van der Waals surface area contributed by atoms with Crippen LogP contribution in [0.25, 0.3) is 0 Å². The molecule has 1 aliphatic carbocycles. The standard InChI is InChI=1S/C17H27NO/c1-3-12-18-16(13-14-8-4-5-9-14)15-10-6-7-11-17(15)19-2/h6-7,10-11,14,16,18H,3-5,8-9,12-13H2,1-2H3. The van der Waals surface area contributed by atoms with Gasteiger partial charge in [-0.05, 0) is 31.4 Å². The van der Waals surface area contributed by atoms with Crippen molar-refractivity contribution in [3.8, 4) is 5.75 Å². The quantitative estimate of drug-likeness (QED) is 0.789. The summed E-state index contributed by atoms with van der Waals surface area (Å²) in [5.41, 5.74) is 1.32. The van der Waals surface area contributed by atoms with Crippen LogP contribution in [-0.2, 0) is 0 Å². The van der Waals surface area contributed by atoms with Crippen LogP contribution >= 0.6 is 0 Å². The van der Waals surface area contributed by atoms with Crippen LogP contribution in [-0.4, -0.2) is 13.7 Å². The van der Waals surface area contributed by atoms with Crippen LogP contribution in [0.5, 0.6) is 5.75 Å². The molecule has 0 aromatic heterocycles. The summed E-state index contributed by atoms with van der Waals surface area (Å²) in [7, 11) is 1.77. The molecule has 19 heavy (non-hydrogen) atoms. The predicted octanol–water partition coefficient (Wildman–Crippen LogP) is 4.32. The first kappa shape index (κ1) is 14.4. The van der Waals surface area contributed by atoms with Gasteiger partial charge in [-0.15, -0.1) is 0 Å². The number of para-hydroxylation sites is 1. The van der Waals surface area contributed by atoms with Gasteiger partial charge < -0.3 is 10.1 Å². The van der Waals surface area contributed by atoms with E-state index in [0.717, 1.165) is 18.2 Å². The summed E-state index contributed by atoms with van der Waals surface area (Å²) >= 11 is 0. The number of nitrogens with one attached hydrogen (secondary N) is 1. The van der Waals surface area contributed by atoms with Crippen LogP contribution < -0.4 is 10.1 Å². The van der Waals surface area contributed by atoms with Crippen molar-refractivity contribution in [3.63, 3.8) is 0 Å². The fraction of sp³-hybridized carbons (Fsp3) is 0.647. The monoisotopic (exact) mass is 261 g/mol. The van der Waals surface area contributed by atoms with Crippen molar-refractivity contribution in [2.75, 3.05) is 13.7 Å². The van der Waals surface area contributed by atoms with Gasteiger partial charge in [0.15, 0.2) is 0 Å². The van der Waals surface area contributed by atoms with Gasteiger partial charge in [0, 0.05) is 11.6 Å². The van der Waals surface area contributed by atoms with Crippen LogP contribution in [0.15, 0.2) is 24.3 Å². The molecular weight excluding hydrogens is 234 g/mol. The molecule has 106 valence electrons. The maximum Gasteiger partial charge on any atom is 0.123 e. The lowest BCUT2D eigenvalue weighted by Gasteiger charge is -2.24. The highest BCUT2D eigenvalue weighted by Gasteiger charge is 2.22. The number of rotatable bonds is 7. The molecule has 1 fully saturated rings. The van der Waals surface area contributed by atoms with Gasteiger partial charge in [-0.1, -0.05) is 50.8 Å². The molecule has 1 unspecified atom stereocenters. The first-order valence-electron chi connectivity index (χ1n) is 7.71. The minimum Gasteiger partial charge on any atom is -0.496 e. The van der Waals surface area contributed by atoms with E-state index in [2.05, 4.69) is 36.5 Å². The summed E-state index contributed by atoms with van der Waals surface area (Å²) in [6.07, 6.45) is 8.06. The van der Waals surface area contributed by atoms with E-state index in [1.165, 1.54) is 44.1 Å². The summed E-state index contributed by atoms with van der Waals surface area (Å²) < 4.78 is 5.53. The van der Waals surface area contributed by atoms with Crippen molar-refractivity contribution in [1.29, 1.82) is 0 Å². The average molecular weight is 261 g/mol. The molecule has 0 amide bonds. The zero-order valence-electron chi connectivity index (χ0n) is 12.3. The Morgan fingerprint density at radius 1 is 1.26 bits per heavy atom. The Labute approximate surface area is 117 Å². The van der Waals surface area contributed by atoms with Crippen molar-refractivity contribution in [2.24, 2.45) is 5.92 Å². The van der Waals surface area contributed by atoms with E-state index in [0.29, 0.717) is 6.04 Å². The molecule has 1 aromatic rings. The molecule has 2 heteroatoms. The number of benzene rings is 1. The Morgan fingerprint density at radius 2 is 2.00 bits per heavy atom. The molecule has 0 saturated heterocycles. The number of hydrogen-bond acceptors (Lipinski definition) is 2. The summed E-state index contributed by atoms with van der Waals surface area (Å²) in [4.78, 5) is 0. The van der Waals surface area contributed by atoms with Gasteiger partial charge in [0.25, 0.3) is 0 Å². The predicted molar refractivity (Wildman–Crippen MR) is 80.6 cm³/mol. The molecule has 1 aliphatic rings. The molecule has 1 atom stereocenters. The Hall–Kier alpha value is -1.02. The maximum absolute atomic E-state index is 5.53. The molecule has 2 rings (SSSR count). The van der Waals surface area contributed by atoms with E-state index in [1.807, 2.05) is 0 Å². The SMILES string of the molecule is CCCNC(CC1CCCC1)c1ccccc1OC. The van der Waals surface area contributed by atoms with Gasteiger partial charge in [0.05, 0.1) is 7.11 Å². The molecule has 1 N–H and O–H groups in total. The zero-order valence-corrected chi connectivity index (χ0v) is 12.3. The maximum atomic E-state index is 5.53. The van der Waals surface area contributed by atoms with E-state index in [4.69, 9.17) is 4.74 Å². The lowest BCUT2D eigenvalue weighted by atomic mass is 9.93. The topological polar surface area (TPSA) is 21.3 Å². The van der Waals surface area contributed by atoms with Gasteiger partial charge in [0.2, 0.25) is 0 Å². The highest BCUT2D eigenvalue weighted by Crippen LogP contribution is 2.35. The largest absolute Gasteiger partial charge is 0.496 e. The normalized spacial score (nSPS) is 17.6. The second-order valence-electron chi connectivity index (χ2n) is 5.63. The van der Waals surface area contributed by atoms with Gasteiger partial charge in [-0.3, -0.25) is 0 Å². The third-order valence-corrected chi connectivity index (χ3v) is 4.20. The van der Waals surface area contributed by atoms with Crippen LogP contribution in [0.1, 0.15) is 57.1 Å². The summed E-state index contributed by atoms with van der Waals surface area (Å²) in [5.74, 6) is 1.91. The third kappa shape index (κ3) is 3.97. The van der Waals surface area contributed by atoms with Gasteiger partial charge in [0.1, 0.15) is 5.75 Å². The molecule has 0 heterocycles. The molecule has 0 spiro atoms. The van der Waals surface area contributed by atoms with E-state index in [9.17, 15) is 0 Å². The zero-order chi connectivity index (χ0) is 13.5. The fourth-order valence-electron chi connectivity index (χ4n) is 3.17. The average Bonchev–Trinajstić information content (AvgIpc) is 2.96. The Kier molecular flexibility index (Phi) is 5.71. The molecule has 2 nitrogen and oxygen atoms in total. The molecule has 0 radical (unpaired) electrons. The van der Waals surface area contributed by atoms with Crippen molar-refractivity contribution >= 4 is 0 Å². The number of ether oxygens (including phenoxy) is 1. The first-order valence-corrected chi connectivity index (χ1v) is 7.71. The molecule has 0 aliphatic heterocycles. The molecular formula is C17H27NO. The smallest absolute Gasteiger partial charge is 0.123 e. The second-order valence-corrected chi connectivity index (χ2v) is 5.63. The fourth-order valence-corrected chi connectivity index (χ4v) is 3.17. The summed E-state index contributed by atoms with van der Waals surface area (Å²) in [6.45, 7) is 3.30. The Bertz CT molecular complexity index is 371. The van der Waals surface area contributed by atoms with Gasteiger partial charge >= 0.3 is 0 Å². The van der Waals surface area contributed by atoms with Crippen molar-refractivity contribution in [1.82, 2.24) is 5.32 Å². The molecule has 1 saturated carbocycles. The second kappa shape index (κ2) is 7.54. The Balaban J connectivity index is 2.10. The van der Waals surface area contributed by atoms with Crippen LogP contribution in [0.4, 0.5) is 0 Å². The minimum absolute atomic E-state index is 0.444. The van der Waals surface area contributed by atoms with Crippen LogP contribution in [0, 0.1) is 5.92 Å². The summed E-state index contributed by atoms with van der Waals surface area (Å²) in [5, 5.41) is 3.71. The van der Waals surface area contributed by atoms with Crippen molar-refractivity contribution in [2.45, 2.75) is 51.5 Å². The van der Waals surface area contributed by atoms with E-state index >= 15 is 0 Å².